The second-order valence-corrected chi connectivity index (χ2v) is 7.00. The molecule has 1 N–H and O–H groups in total. The molecule has 1 aliphatic rings. The molecule has 1 aliphatic heterocycles. The molecule has 1 aromatic heterocycles. The minimum Gasteiger partial charge on any atom is -0.387 e. The van der Waals surface area contributed by atoms with E-state index in [1.54, 1.807) is 43.5 Å². The number of pyridine rings is 1. The first-order chi connectivity index (χ1) is 8.90. The van der Waals surface area contributed by atoms with Crippen molar-refractivity contribution in [3.63, 3.8) is 0 Å². The van der Waals surface area contributed by atoms with E-state index in [9.17, 15) is 13.5 Å². The predicted molar refractivity (Wildman–Crippen MR) is 71.1 cm³/mol. The summed E-state index contributed by atoms with van der Waals surface area (Å²) in [5.74, 6) is 0. The second-order valence-electron chi connectivity index (χ2n) is 5.10. The molecule has 0 radical (unpaired) electrons. The molecule has 1 aromatic carbocycles. The summed E-state index contributed by atoms with van der Waals surface area (Å²) in [5, 5.41) is 10.3. The van der Waals surface area contributed by atoms with Crippen molar-refractivity contribution in [3.8, 4) is 0 Å². The number of rotatable bonds is 2. The Hall–Kier alpha value is -1.50. The van der Waals surface area contributed by atoms with Crippen molar-refractivity contribution in [2.45, 2.75) is 17.4 Å². The molecule has 19 heavy (non-hydrogen) atoms. The summed E-state index contributed by atoms with van der Waals surface area (Å²) in [7, 11) is -3.57. The highest BCUT2D eigenvalue weighted by atomic mass is 32.2. The van der Waals surface area contributed by atoms with Gasteiger partial charge in [-0.05, 0) is 31.2 Å². The minimum absolute atomic E-state index is 0.131. The van der Waals surface area contributed by atoms with E-state index in [0.29, 0.717) is 10.9 Å². The summed E-state index contributed by atoms with van der Waals surface area (Å²) in [6.07, 6.45) is 1.63. The topological polar surface area (TPSA) is 70.5 Å². The van der Waals surface area contributed by atoms with Gasteiger partial charge in [-0.3, -0.25) is 4.98 Å². The Morgan fingerprint density at radius 1 is 1.26 bits per heavy atom. The van der Waals surface area contributed by atoms with Gasteiger partial charge in [-0.25, -0.2) is 8.42 Å². The first-order valence-electron chi connectivity index (χ1n) is 5.96. The summed E-state index contributed by atoms with van der Waals surface area (Å²) in [6.45, 7) is 1.89. The van der Waals surface area contributed by atoms with Crippen LogP contribution in [0.5, 0.6) is 0 Å². The van der Waals surface area contributed by atoms with Crippen molar-refractivity contribution in [1.29, 1.82) is 0 Å². The van der Waals surface area contributed by atoms with E-state index in [1.165, 1.54) is 4.31 Å². The maximum atomic E-state index is 12.5. The fourth-order valence-electron chi connectivity index (χ4n) is 2.32. The van der Waals surface area contributed by atoms with Crippen LogP contribution in [-0.2, 0) is 10.0 Å². The van der Waals surface area contributed by atoms with Crippen LogP contribution in [-0.4, -0.2) is 41.5 Å². The van der Waals surface area contributed by atoms with Crippen molar-refractivity contribution in [2.24, 2.45) is 0 Å². The number of hydrogen-bond donors (Lipinski definition) is 1. The van der Waals surface area contributed by atoms with Gasteiger partial charge in [-0.2, -0.15) is 4.31 Å². The second kappa shape index (κ2) is 4.00. The number of fused-ring (bicyclic) bond motifs is 1. The van der Waals surface area contributed by atoms with Crippen LogP contribution in [0.1, 0.15) is 6.92 Å². The SMILES string of the molecule is CC1(O)CN(S(=O)(=O)c2cccc3ncccc23)C1. The molecule has 0 saturated carbocycles. The van der Waals surface area contributed by atoms with Crippen molar-refractivity contribution >= 4 is 20.9 Å². The van der Waals surface area contributed by atoms with Crippen LogP contribution in [0, 0.1) is 0 Å². The zero-order chi connectivity index (χ0) is 13.7. The third-order valence-corrected chi connectivity index (χ3v) is 5.11. The molecular weight excluding hydrogens is 264 g/mol. The van der Waals surface area contributed by atoms with Crippen molar-refractivity contribution < 1.29 is 13.5 Å². The van der Waals surface area contributed by atoms with Gasteiger partial charge in [0.25, 0.3) is 0 Å². The number of aromatic nitrogens is 1. The Labute approximate surface area is 111 Å². The Kier molecular flexibility index (Phi) is 2.63. The number of hydrogen-bond acceptors (Lipinski definition) is 4. The first kappa shape index (κ1) is 12.5. The number of nitrogens with zero attached hydrogens (tertiary/aromatic N) is 2. The highest BCUT2D eigenvalue weighted by molar-refractivity contribution is 7.89. The quantitative estimate of drug-likeness (QED) is 0.889. The zero-order valence-electron chi connectivity index (χ0n) is 10.4. The van der Waals surface area contributed by atoms with Crippen molar-refractivity contribution in [2.75, 3.05) is 13.1 Å². The molecular formula is C13H14N2O3S. The van der Waals surface area contributed by atoms with Gasteiger partial charge in [-0.15, -0.1) is 0 Å². The zero-order valence-corrected chi connectivity index (χ0v) is 11.3. The molecule has 100 valence electrons. The summed E-state index contributed by atoms with van der Waals surface area (Å²) in [5.41, 5.74) is -0.272. The standard InChI is InChI=1S/C13H14N2O3S/c1-13(16)8-15(9-13)19(17,18)12-6-2-5-11-10(12)4-3-7-14-11/h2-7,16H,8-9H2,1H3. The van der Waals surface area contributed by atoms with Crippen molar-refractivity contribution in [3.05, 3.63) is 36.5 Å². The van der Waals surface area contributed by atoms with Gasteiger partial charge in [0.15, 0.2) is 0 Å². The minimum atomic E-state index is -3.57. The molecule has 2 aromatic rings. The maximum Gasteiger partial charge on any atom is 0.243 e. The molecule has 0 bridgehead atoms. The van der Waals surface area contributed by atoms with Gasteiger partial charge in [0, 0.05) is 24.7 Å². The van der Waals surface area contributed by atoms with Gasteiger partial charge in [0.2, 0.25) is 10.0 Å². The summed E-state index contributed by atoms with van der Waals surface area (Å²) in [4.78, 5) is 4.40. The van der Waals surface area contributed by atoms with Gasteiger partial charge in [0.05, 0.1) is 16.0 Å². The Morgan fingerprint density at radius 3 is 2.68 bits per heavy atom. The Balaban J connectivity index is 2.10. The van der Waals surface area contributed by atoms with E-state index in [1.807, 2.05) is 0 Å². The molecule has 0 spiro atoms. The molecule has 2 heterocycles. The fraction of sp³-hybridized carbons (Fsp3) is 0.308. The van der Waals surface area contributed by atoms with Gasteiger partial charge < -0.3 is 5.11 Å². The van der Waals surface area contributed by atoms with Crippen molar-refractivity contribution in [1.82, 2.24) is 9.29 Å². The summed E-state index contributed by atoms with van der Waals surface area (Å²) >= 11 is 0. The normalized spacial score (nSPS) is 19.3. The average Bonchev–Trinajstić information content (AvgIpc) is 2.35. The lowest BCUT2D eigenvalue weighted by Crippen LogP contribution is -2.61. The fourth-order valence-corrected chi connectivity index (χ4v) is 4.20. The molecule has 1 fully saturated rings. The van der Waals surface area contributed by atoms with Crippen LogP contribution < -0.4 is 0 Å². The highest BCUT2D eigenvalue weighted by Gasteiger charge is 2.44. The molecule has 3 rings (SSSR count). The number of β-amino-alcohol motifs (C(OH)–C–C–N with tert-alkyl or cyclic N) is 1. The summed E-state index contributed by atoms with van der Waals surface area (Å²) < 4.78 is 26.3. The van der Waals surface area contributed by atoms with E-state index >= 15 is 0 Å². The largest absolute Gasteiger partial charge is 0.387 e. The van der Waals surface area contributed by atoms with E-state index in [0.717, 1.165) is 0 Å². The molecule has 0 aliphatic carbocycles. The third kappa shape index (κ3) is 2.01. The van der Waals surface area contributed by atoms with E-state index < -0.39 is 15.6 Å². The number of sulfonamides is 1. The maximum absolute atomic E-state index is 12.5. The van der Waals surface area contributed by atoms with E-state index in [-0.39, 0.29) is 18.0 Å². The lowest BCUT2D eigenvalue weighted by molar-refractivity contribution is -0.0426. The van der Waals surface area contributed by atoms with E-state index in [4.69, 9.17) is 0 Å². The van der Waals surface area contributed by atoms with Gasteiger partial charge in [0.1, 0.15) is 0 Å². The van der Waals surface area contributed by atoms with Crippen LogP contribution in [0.2, 0.25) is 0 Å². The van der Waals surface area contributed by atoms with Crippen LogP contribution >= 0.6 is 0 Å². The molecule has 1 saturated heterocycles. The smallest absolute Gasteiger partial charge is 0.243 e. The number of aliphatic hydroxyl groups is 1. The molecule has 0 atom stereocenters. The third-order valence-electron chi connectivity index (χ3n) is 3.26. The number of benzene rings is 1. The van der Waals surface area contributed by atoms with Crippen LogP contribution in [0.25, 0.3) is 10.9 Å². The molecule has 0 amide bonds. The summed E-state index contributed by atoms with van der Waals surface area (Å²) in [6, 6.07) is 8.49. The van der Waals surface area contributed by atoms with Gasteiger partial charge >= 0.3 is 0 Å². The lowest BCUT2D eigenvalue weighted by atomic mass is 10.0. The Bertz CT molecular complexity index is 727. The predicted octanol–water partition coefficient (Wildman–Crippen LogP) is 0.990. The Morgan fingerprint density at radius 2 is 2.00 bits per heavy atom. The molecule has 6 heteroatoms. The van der Waals surface area contributed by atoms with Gasteiger partial charge in [-0.1, -0.05) is 6.07 Å². The highest BCUT2D eigenvalue weighted by Crippen LogP contribution is 2.30. The van der Waals surface area contributed by atoms with Crippen LogP contribution in [0.3, 0.4) is 0 Å². The monoisotopic (exact) mass is 278 g/mol. The average molecular weight is 278 g/mol. The van der Waals surface area contributed by atoms with E-state index in [2.05, 4.69) is 4.98 Å². The molecule has 5 nitrogen and oxygen atoms in total. The van der Waals surface area contributed by atoms with Crippen LogP contribution in [0.15, 0.2) is 41.4 Å². The molecule has 0 unspecified atom stereocenters. The first-order valence-corrected chi connectivity index (χ1v) is 7.40. The van der Waals surface area contributed by atoms with Crippen LogP contribution in [0.4, 0.5) is 0 Å². The lowest BCUT2D eigenvalue weighted by Gasteiger charge is -2.42.